The maximum atomic E-state index is 11.8. The SMILES string of the molecule is Cc1ccc(C(C)(O)CNC(=O)COc2ccccc2C)o1. The maximum absolute atomic E-state index is 11.8. The molecule has 1 unspecified atom stereocenters. The Hall–Kier alpha value is -2.27. The third kappa shape index (κ3) is 4.11. The van der Waals surface area contributed by atoms with Gasteiger partial charge in [-0.15, -0.1) is 0 Å². The zero-order valence-electron chi connectivity index (χ0n) is 13.1. The minimum atomic E-state index is -1.26. The van der Waals surface area contributed by atoms with Crippen molar-refractivity contribution in [3.05, 3.63) is 53.5 Å². The third-order valence-electron chi connectivity index (χ3n) is 3.35. The molecule has 5 nitrogen and oxygen atoms in total. The molecule has 0 aliphatic rings. The van der Waals surface area contributed by atoms with Gasteiger partial charge in [-0.1, -0.05) is 18.2 Å². The first-order chi connectivity index (χ1) is 10.4. The largest absolute Gasteiger partial charge is 0.484 e. The molecule has 0 saturated heterocycles. The minimum Gasteiger partial charge on any atom is -0.484 e. The van der Waals surface area contributed by atoms with E-state index < -0.39 is 5.60 Å². The van der Waals surface area contributed by atoms with Gasteiger partial charge in [0.25, 0.3) is 5.91 Å². The van der Waals surface area contributed by atoms with Gasteiger partial charge in [0.05, 0.1) is 6.54 Å². The van der Waals surface area contributed by atoms with Crippen LogP contribution in [0.3, 0.4) is 0 Å². The minimum absolute atomic E-state index is 0.0515. The molecule has 1 heterocycles. The highest BCUT2D eigenvalue weighted by molar-refractivity contribution is 5.77. The Morgan fingerprint density at radius 3 is 2.64 bits per heavy atom. The van der Waals surface area contributed by atoms with Gasteiger partial charge in [0.1, 0.15) is 22.9 Å². The van der Waals surface area contributed by atoms with Crippen molar-refractivity contribution in [3.63, 3.8) is 0 Å². The number of furan rings is 1. The highest BCUT2D eigenvalue weighted by atomic mass is 16.5. The highest BCUT2D eigenvalue weighted by Crippen LogP contribution is 2.22. The molecule has 0 aliphatic carbocycles. The summed E-state index contributed by atoms with van der Waals surface area (Å²) in [5, 5.41) is 13.0. The van der Waals surface area contributed by atoms with Crippen molar-refractivity contribution < 1.29 is 19.1 Å². The summed E-state index contributed by atoms with van der Waals surface area (Å²) in [6.07, 6.45) is 0. The van der Waals surface area contributed by atoms with Gasteiger partial charge in [0.2, 0.25) is 0 Å². The monoisotopic (exact) mass is 303 g/mol. The fourth-order valence-corrected chi connectivity index (χ4v) is 1.99. The summed E-state index contributed by atoms with van der Waals surface area (Å²) in [7, 11) is 0. The van der Waals surface area contributed by atoms with E-state index in [-0.39, 0.29) is 19.1 Å². The van der Waals surface area contributed by atoms with Crippen LogP contribution in [0.4, 0.5) is 0 Å². The van der Waals surface area contributed by atoms with Gasteiger partial charge in [-0.2, -0.15) is 0 Å². The van der Waals surface area contributed by atoms with Crippen molar-refractivity contribution in [3.8, 4) is 5.75 Å². The van der Waals surface area contributed by atoms with E-state index in [4.69, 9.17) is 9.15 Å². The quantitative estimate of drug-likeness (QED) is 0.859. The lowest BCUT2D eigenvalue weighted by atomic mass is 10.0. The van der Waals surface area contributed by atoms with Crippen molar-refractivity contribution in [1.29, 1.82) is 0 Å². The Bertz CT molecular complexity index is 646. The van der Waals surface area contributed by atoms with Crippen molar-refractivity contribution in [2.75, 3.05) is 13.2 Å². The molecule has 1 amide bonds. The average Bonchev–Trinajstić information content (AvgIpc) is 2.92. The second kappa shape index (κ2) is 6.66. The van der Waals surface area contributed by atoms with Crippen molar-refractivity contribution in [2.24, 2.45) is 0 Å². The number of benzene rings is 1. The predicted octanol–water partition coefficient (Wildman–Crippen LogP) is 2.30. The van der Waals surface area contributed by atoms with Crippen LogP contribution in [-0.4, -0.2) is 24.2 Å². The number of hydrogen-bond donors (Lipinski definition) is 2. The van der Waals surface area contributed by atoms with Crippen LogP contribution in [0, 0.1) is 13.8 Å². The first kappa shape index (κ1) is 16.1. The third-order valence-corrected chi connectivity index (χ3v) is 3.35. The van der Waals surface area contributed by atoms with Crippen LogP contribution in [0.15, 0.2) is 40.8 Å². The number of ether oxygens (including phenoxy) is 1. The van der Waals surface area contributed by atoms with E-state index in [1.807, 2.05) is 31.2 Å². The van der Waals surface area contributed by atoms with Gasteiger partial charge < -0.3 is 19.6 Å². The molecule has 2 aromatic rings. The van der Waals surface area contributed by atoms with E-state index in [1.54, 1.807) is 26.0 Å². The first-order valence-electron chi connectivity index (χ1n) is 7.13. The van der Waals surface area contributed by atoms with Gasteiger partial charge in [0, 0.05) is 0 Å². The molecular formula is C17H21NO4. The molecule has 0 fully saturated rings. The number of aliphatic hydroxyl groups is 1. The number of nitrogens with one attached hydrogen (secondary N) is 1. The lowest BCUT2D eigenvalue weighted by Crippen LogP contribution is -2.40. The number of amides is 1. The standard InChI is InChI=1S/C17H21NO4/c1-12-6-4-5-7-14(12)21-10-16(19)18-11-17(3,20)15-9-8-13(2)22-15/h4-9,20H,10-11H2,1-3H3,(H,18,19). The smallest absolute Gasteiger partial charge is 0.258 e. The Morgan fingerprint density at radius 2 is 2.00 bits per heavy atom. The fourth-order valence-electron chi connectivity index (χ4n) is 1.99. The van der Waals surface area contributed by atoms with Crippen LogP contribution >= 0.6 is 0 Å². The number of aryl methyl sites for hydroxylation is 2. The topological polar surface area (TPSA) is 71.7 Å². The van der Waals surface area contributed by atoms with Crippen molar-refractivity contribution >= 4 is 5.91 Å². The number of para-hydroxylation sites is 1. The summed E-state index contributed by atoms with van der Waals surface area (Å²) < 4.78 is 10.8. The molecule has 2 N–H and O–H groups in total. The molecule has 0 bridgehead atoms. The van der Waals surface area contributed by atoms with E-state index in [0.717, 1.165) is 5.56 Å². The van der Waals surface area contributed by atoms with E-state index in [9.17, 15) is 9.90 Å². The molecule has 1 aromatic carbocycles. The van der Waals surface area contributed by atoms with Crippen LogP contribution < -0.4 is 10.1 Å². The maximum Gasteiger partial charge on any atom is 0.258 e. The van der Waals surface area contributed by atoms with Crippen LogP contribution in [0.5, 0.6) is 5.75 Å². The second-order valence-electron chi connectivity index (χ2n) is 5.52. The average molecular weight is 303 g/mol. The number of rotatable bonds is 6. The Morgan fingerprint density at radius 1 is 1.27 bits per heavy atom. The summed E-state index contributed by atoms with van der Waals surface area (Å²) in [4.78, 5) is 11.8. The zero-order valence-corrected chi connectivity index (χ0v) is 13.1. The first-order valence-corrected chi connectivity index (χ1v) is 7.13. The fraction of sp³-hybridized carbons (Fsp3) is 0.353. The van der Waals surface area contributed by atoms with Gasteiger partial charge in [-0.05, 0) is 44.5 Å². The van der Waals surface area contributed by atoms with Gasteiger partial charge in [-0.3, -0.25) is 4.79 Å². The normalized spacial score (nSPS) is 13.5. The number of hydrogen-bond acceptors (Lipinski definition) is 4. The van der Waals surface area contributed by atoms with E-state index >= 15 is 0 Å². The van der Waals surface area contributed by atoms with Crippen molar-refractivity contribution in [1.82, 2.24) is 5.32 Å². The van der Waals surface area contributed by atoms with Crippen LogP contribution in [0.2, 0.25) is 0 Å². The molecular weight excluding hydrogens is 282 g/mol. The van der Waals surface area contributed by atoms with Crippen molar-refractivity contribution in [2.45, 2.75) is 26.4 Å². The Balaban J connectivity index is 1.84. The van der Waals surface area contributed by atoms with Crippen LogP contribution in [-0.2, 0) is 10.4 Å². The summed E-state index contributed by atoms with van der Waals surface area (Å²) in [5.41, 5.74) is -0.291. The van der Waals surface area contributed by atoms with E-state index in [0.29, 0.717) is 17.3 Å². The Kier molecular flexibility index (Phi) is 4.88. The molecule has 0 saturated carbocycles. The molecule has 1 aromatic heterocycles. The van der Waals surface area contributed by atoms with Crippen LogP contribution in [0.25, 0.3) is 0 Å². The molecule has 0 radical (unpaired) electrons. The molecule has 22 heavy (non-hydrogen) atoms. The summed E-state index contributed by atoms with van der Waals surface area (Å²) in [6, 6.07) is 11.0. The lowest BCUT2D eigenvalue weighted by Gasteiger charge is -2.21. The highest BCUT2D eigenvalue weighted by Gasteiger charge is 2.27. The molecule has 0 aliphatic heterocycles. The van der Waals surface area contributed by atoms with E-state index in [1.165, 1.54) is 0 Å². The summed E-state index contributed by atoms with van der Waals surface area (Å²) >= 11 is 0. The van der Waals surface area contributed by atoms with E-state index in [2.05, 4.69) is 5.32 Å². The summed E-state index contributed by atoms with van der Waals surface area (Å²) in [6.45, 7) is 5.26. The molecule has 1 atom stereocenters. The predicted molar refractivity (Wildman–Crippen MR) is 82.7 cm³/mol. The lowest BCUT2D eigenvalue weighted by molar-refractivity contribution is -0.124. The van der Waals surface area contributed by atoms with Gasteiger partial charge in [0.15, 0.2) is 6.61 Å². The molecule has 118 valence electrons. The molecule has 5 heteroatoms. The molecule has 0 spiro atoms. The Labute approximate surface area is 129 Å². The van der Waals surface area contributed by atoms with Gasteiger partial charge >= 0.3 is 0 Å². The summed E-state index contributed by atoms with van der Waals surface area (Å²) in [5.74, 6) is 1.51. The zero-order chi connectivity index (χ0) is 16.2. The van der Waals surface area contributed by atoms with Gasteiger partial charge in [-0.25, -0.2) is 0 Å². The number of carbonyl (C=O) groups is 1. The molecule has 2 rings (SSSR count). The number of carbonyl (C=O) groups excluding carboxylic acids is 1. The second-order valence-corrected chi connectivity index (χ2v) is 5.52. The van der Waals surface area contributed by atoms with Crippen LogP contribution in [0.1, 0.15) is 24.0 Å².